The lowest BCUT2D eigenvalue weighted by atomic mass is 9.70. The molecule has 12 rings (SSSR count). The molecule has 0 aliphatic heterocycles. The van der Waals surface area contributed by atoms with Crippen LogP contribution in [-0.4, -0.2) is 20.2 Å². The van der Waals surface area contributed by atoms with Gasteiger partial charge < -0.3 is 14.9 Å². The quantitative estimate of drug-likeness (QED) is 0.0629. The summed E-state index contributed by atoms with van der Waals surface area (Å²) in [6.45, 7) is 11.0. The van der Waals surface area contributed by atoms with E-state index in [0.717, 1.165) is 48.8 Å². The molecule has 0 fully saturated rings. The van der Waals surface area contributed by atoms with Crippen LogP contribution in [0.1, 0.15) is 142 Å². The summed E-state index contributed by atoms with van der Waals surface area (Å²) in [4.78, 5) is 67.2. The van der Waals surface area contributed by atoms with Gasteiger partial charge in [-0.05, 0) is 188 Å². The molecule has 1 aliphatic rings. The third-order valence-corrected chi connectivity index (χ3v) is 18.3. The Morgan fingerprint density at radius 2 is 0.822 bits per heavy atom. The summed E-state index contributed by atoms with van der Waals surface area (Å²) in [6, 6.07) is 67.0. The first-order valence-electron chi connectivity index (χ1n) is 32.2. The summed E-state index contributed by atoms with van der Waals surface area (Å²) >= 11 is 0. The average molecular weight is 1190 g/mol. The molecular formula is C80H80N4O6. The van der Waals surface area contributed by atoms with Crippen LogP contribution < -0.4 is 32.0 Å². The number of unbranched alkanes of at least 4 members (excludes halogenated alkanes) is 10. The standard InChI is InChI=1S/C50H59NO2.C30H21N3O4/c1-5-7-9-11-13-15-33-50(34-16-14-12-10-8-6-2)47-35-38(4)19-31-45(47)46-32-24-41(36-48(46)50)39-20-27-43(28-21-39)51(42-25-17-37(3)18-26-42)44-29-22-40(23-30-44)49(52)53;1-18-7-6-10-22(15-18)32(19-8-4-3-5-9-19)20-11-13-21(14-12-20)33-29(36)25-16-23-24(17-26(25)30(33)37)28(35)31(2)27(23)34/h17-32,35-36H,5-16,33-34H2,1-4H3,(H,52,53);3-17H,1-2H3. The molecule has 2 aromatic heterocycles. The minimum atomic E-state index is -0.918. The molecule has 1 N–H and O–H groups in total. The van der Waals surface area contributed by atoms with Crippen molar-refractivity contribution in [1.29, 1.82) is 0 Å². The van der Waals surface area contributed by atoms with E-state index in [4.69, 9.17) is 0 Å². The molecule has 2 heterocycles. The van der Waals surface area contributed by atoms with E-state index in [1.165, 1.54) is 148 Å². The second-order valence-electron chi connectivity index (χ2n) is 24.6. The van der Waals surface area contributed by atoms with E-state index in [2.05, 4.69) is 128 Å². The number of aromatic nitrogens is 2. The first kappa shape index (κ1) is 62.0. The number of aryl methyl sites for hydroxylation is 3. The molecule has 11 aromatic rings. The van der Waals surface area contributed by atoms with E-state index in [1.807, 2.05) is 79.7 Å². The summed E-state index contributed by atoms with van der Waals surface area (Å²) in [6.07, 6.45) is 18.2. The maximum absolute atomic E-state index is 13.3. The molecule has 10 nitrogen and oxygen atoms in total. The molecule has 0 unspecified atom stereocenters. The number of nitrogens with zero attached hydrogens (tertiary/aromatic N) is 4. The summed E-state index contributed by atoms with van der Waals surface area (Å²) in [5.74, 6) is -0.918. The van der Waals surface area contributed by atoms with Crippen molar-refractivity contribution in [3.8, 4) is 27.9 Å². The molecule has 0 radical (unpaired) electrons. The Labute approximate surface area is 527 Å². The number of hydrogen-bond donors (Lipinski definition) is 1. The van der Waals surface area contributed by atoms with Crippen LogP contribution in [0.2, 0.25) is 0 Å². The monoisotopic (exact) mass is 1190 g/mol. The van der Waals surface area contributed by atoms with Gasteiger partial charge in [-0.15, -0.1) is 0 Å². The summed E-state index contributed by atoms with van der Waals surface area (Å²) < 4.78 is 2.07. The lowest BCUT2D eigenvalue weighted by Gasteiger charge is -2.33. The number of carboxylic acids is 1. The highest BCUT2D eigenvalue weighted by Crippen LogP contribution is 2.55. The number of carbonyl (C=O) groups is 1. The number of para-hydroxylation sites is 1. The third kappa shape index (κ3) is 12.7. The van der Waals surface area contributed by atoms with Gasteiger partial charge in [0.05, 0.1) is 32.8 Å². The summed E-state index contributed by atoms with van der Waals surface area (Å²) in [7, 11) is 1.38. The van der Waals surface area contributed by atoms with Crippen molar-refractivity contribution >= 4 is 61.6 Å². The minimum absolute atomic E-state index is 0.0481. The van der Waals surface area contributed by atoms with Crippen molar-refractivity contribution in [2.24, 2.45) is 7.05 Å². The van der Waals surface area contributed by atoms with Crippen molar-refractivity contribution in [3.05, 3.63) is 275 Å². The lowest BCUT2D eigenvalue weighted by Crippen LogP contribution is -2.25. The van der Waals surface area contributed by atoms with Crippen molar-refractivity contribution in [2.45, 2.75) is 130 Å². The van der Waals surface area contributed by atoms with Gasteiger partial charge in [-0.3, -0.25) is 23.7 Å². The summed E-state index contributed by atoms with van der Waals surface area (Å²) in [5.41, 5.74) is 16.6. The number of anilines is 6. The number of benzene rings is 9. The van der Waals surface area contributed by atoms with Gasteiger partial charge in [0.2, 0.25) is 0 Å². The zero-order valence-corrected chi connectivity index (χ0v) is 52.7. The van der Waals surface area contributed by atoms with E-state index < -0.39 is 28.2 Å². The van der Waals surface area contributed by atoms with Crippen LogP contribution in [0, 0.1) is 20.8 Å². The largest absolute Gasteiger partial charge is 0.478 e. The van der Waals surface area contributed by atoms with Gasteiger partial charge in [-0.25, -0.2) is 9.36 Å². The van der Waals surface area contributed by atoms with Crippen LogP contribution in [-0.2, 0) is 12.5 Å². The van der Waals surface area contributed by atoms with Crippen molar-refractivity contribution < 1.29 is 9.90 Å². The highest BCUT2D eigenvalue weighted by atomic mass is 16.4. The smallest absolute Gasteiger partial charge is 0.335 e. The van der Waals surface area contributed by atoms with Gasteiger partial charge in [0.25, 0.3) is 22.2 Å². The highest BCUT2D eigenvalue weighted by Gasteiger charge is 2.42. The van der Waals surface area contributed by atoms with Gasteiger partial charge in [0.1, 0.15) is 0 Å². The Morgan fingerprint density at radius 1 is 0.400 bits per heavy atom. The Bertz CT molecular complexity index is 4460. The minimum Gasteiger partial charge on any atom is -0.478 e. The average Bonchev–Trinajstić information content (AvgIpc) is 2.41. The first-order valence-corrected chi connectivity index (χ1v) is 32.2. The zero-order chi connectivity index (χ0) is 63.1. The van der Waals surface area contributed by atoms with Crippen LogP contribution in [0.5, 0.6) is 0 Å². The first-order chi connectivity index (χ1) is 43.7. The Hall–Kier alpha value is -9.67. The molecule has 0 amide bonds. The van der Waals surface area contributed by atoms with Crippen LogP contribution >= 0.6 is 0 Å². The molecule has 1 aliphatic carbocycles. The fraction of sp³-hybridized carbons (Fsp3) is 0.263. The third-order valence-electron chi connectivity index (χ3n) is 18.3. The molecule has 456 valence electrons. The summed E-state index contributed by atoms with van der Waals surface area (Å²) in [5, 5.41) is 10.0. The molecule has 0 saturated carbocycles. The van der Waals surface area contributed by atoms with Crippen LogP contribution in [0.3, 0.4) is 0 Å². The van der Waals surface area contributed by atoms with E-state index in [-0.39, 0.29) is 32.5 Å². The van der Waals surface area contributed by atoms with E-state index in [1.54, 1.807) is 29.8 Å². The van der Waals surface area contributed by atoms with Gasteiger partial charge >= 0.3 is 5.97 Å². The number of hydrogen-bond acceptors (Lipinski definition) is 7. The molecule has 0 spiro atoms. The maximum atomic E-state index is 13.3. The number of fused-ring (bicyclic) bond motifs is 5. The lowest BCUT2D eigenvalue weighted by molar-refractivity contribution is 0.0697. The van der Waals surface area contributed by atoms with E-state index >= 15 is 0 Å². The van der Waals surface area contributed by atoms with Crippen molar-refractivity contribution in [2.75, 3.05) is 9.80 Å². The van der Waals surface area contributed by atoms with Gasteiger partial charge in [-0.2, -0.15) is 0 Å². The molecule has 90 heavy (non-hydrogen) atoms. The highest BCUT2D eigenvalue weighted by molar-refractivity contribution is 5.98. The fourth-order valence-electron chi connectivity index (χ4n) is 13.4. The van der Waals surface area contributed by atoms with E-state index in [9.17, 15) is 29.1 Å². The second-order valence-corrected chi connectivity index (χ2v) is 24.6. The molecule has 0 atom stereocenters. The fourth-order valence-corrected chi connectivity index (χ4v) is 13.4. The van der Waals surface area contributed by atoms with Crippen LogP contribution in [0.15, 0.2) is 219 Å². The SMILES string of the molecule is CCCCCCCCC1(CCCCCCCC)c2cc(C)ccc2-c2ccc(-c3ccc(N(c4ccc(C)cc4)c4ccc(C(=O)O)cc4)cc3)cc21.Cc1cccc(N(c2ccccc2)c2ccc(-n3c(=O)c4cc5c(=O)n(C)c(=O)c5cc4c3=O)cc2)c1. The topological polar surface area (TPSA) is 122 Å². The molecule has 0 saturated heterocycles. The van der Waals surface area contributed by atoms with Gasteiger partial charge in [0, 0.05) is 46.6 Å². The van der Waals surface area contributed by atoms with Crippen molar-refractivity contribution in [1.82, 2.24) is 9.13 Å². The van der Waals surface area contributed by atoms with E-state index in [0.29, 0.717) is 5.69 Å². The number of rotatable bonds is 23. The predicted octanol–water partition coefficient (Wildman–Crippen LogP) is 19.1. The molecule has 9 aromatic carbocycles. The Kier molecular flexibility index (Phi) is 18.8. The number of aromatic carboxylic acids is 1. The molecule has 10 heteroatoms. The predicted molar refractivity (Wildman–Crippen MR) is 372 cm³/mol. The zero-order valence-electron chi connectivity index (χ0n) is 52.7. The Morgan fingerprint density at radius 3 is 1.37 bits per heavy atom. The van der Waals surface area contributed by atoms with Crippen LogP contribution in [0.25, 0.3) is 49.5 Å². The molecular weight excluding hydrogens is 1110 g/mol. The normalized spacial score (nSPS) is 12.2. The van der Waals surface area contributed by atoms with Gasteiger partial charge in [-0.1, -0.05) is 187 Å². The maximum Gasteiger partial charge on any atom is 0.335 e. The van der Waals surface area contributed by atoms with Crippen LogP contribution in [0.4, 0.5) is 34.1 Å². The second kappa shape index (κ2) is 27.4. The molecule has 0 bridgehead atoms. The van der Waals surface area contributed by atoms with Crippen molar-refractivity contribution in [3.63, 3.8) is 0 Å². The van der Waals surface area contributed by atoms with Gasteiger partial charge in [0.15, 0.2) is 0 Å². The number of carboxylic acid groups (broad SMARTS) is 1. The Balaban J connectivity index is 0.000000197.